The average Bonchev–Trinajstić information content (AvgIpc) is 2.61. The third-order valence-electron chi connectivity index (χ3n) is 3.82. The Kier molecular flexibility index (Phi) is 4.89. The van der Waals surface area contributed by atoms with Crippen LogP contribution in [0.4, 0.5) is 0 Å². The van der Waals surface area contributed by atoms with E-state index >= 15 is 0 Å². The van der Waals surface area contributed by atoms with E-state index in [2.05, 4.69) is 48.5 Å². The minimum Gasteiger partial charge on any atom is -0.277 e. The molecule has 2 heteroatoms. The van der Waals surface area contributed by atoms with Gasteiger partial charge in [-0.05, 0) is 35.7 Å². The standard InChI is InChI=1S/C21H18ClN/c1-16(17-12-14-20(22)15-13-17)23-21(18-8-4-2-5-9-18)19-10-6-3-7-11-19/h2-15,21H,1H3. The van der Waals surface area contributed by atoms with Crippen molar-refractivity contribution in [3.8, 4) is 0 Å². The molecule has 23 heavy (non-hydrogen) atoms. The van der Waals surface area contributed by atoms with Gasteiger partial charge in [0, 0.05) is 10.7 Å². The maximum atomic E-state index is 5.97. The molecule has 1 nitrogen and oxygen atoms in total. The van der Waals surface area contributed by atoms with Crippen molar-refractivity contribution in [1.82, 2.24) is 0 Å². The summed E-state index contributed by atoms with van der Waals surface area (Å²) in [5.41, 5.74) is 4.46. The van der Waals surface area contributed by atoms with E-state index < -0.39 is 0 Å². The Morgan fingerprint density at radius 2 is 1.22 bits per heavy atom. The SMILES string of the molecule is CC(=NC(c1ccccc1)c1ccccc1)c1ccc(Cl)cc1. The third kappa shape index (κ3) is 3.88. The smallest absolute Gasteiger partial charge is 0.100 e. The van der Waals surface area contributed by atoms with Crippen LogP contribution >= 0.6 is 11.6 Å². The van der Waals surface area contributed by atoms with E-state index in [1.54, 1.807) is 0 Å². The normalized spacial score (nSPS) is 11.7. The number of nitrogens with zero attached hydrogens (tertiary/aromatic N) is 1. The lowest BCUT2D eigenvalue weighted by Gasteiger charge is -2.15. The summed E-state index contributed by atoms with van der Waals surface area (Å²) in [5, 5.41) is 0.740. The maximum Gasteiger partial charge on any atom is 0.100 e. The molecule has 114 valence electrons. The van der Waals surface area contributed by atoms with E-state index in [0.29, 0.717) is 0 Å². The highest BCUT2D eigenvalue weighted by atomic mass is 35.5. The van der Waals surface area contributed by atoms with E-state index in [-0.39, 0.29) is 6.04 Å². The number of aliphatic imine (C=N–C) groups is 1. The van der Waals surface area contributed by atoms with E-state index in [0.717, 1.165) is 16.3 Å². The Morgan fingerprint density at radius 3 is 1.70 bits per heavy atom. The molecule has 0 saturated carbocycles. The second-order valence-electron chi connectivity index (χ2n) is 5.45. The van der Waals surface area contributed by atoms with Crippen LogP contribution in [0.25, 0.3) is 0 Å². The number of rotatable bonds is 4. The Balaban J connectivity index is 2.02. The van der Waals surface area contributed by atoms with Gasteiger partial charge in [-0.3, -0.25) is 4.99 Å². The molecule has 0 N–H and O–H groups in total. The molecular formula is C21H18ClN. The van der Waals surface area contributed by atoms with Gasteiger partial charge < -0.3 is 0 Å². The molecule has 0 aliphatic rings. The van der Waals surface area contributed by atoms with E-state index in [1.165, 1.54) is 11.1 Å². The largest absolute Gasteiger partial charge is 0.277 e. The van der Waals surface area contributed by atoms with Gasteiger partial charge in [-0.1, -0.05) is 84.4 Å². The molecule has 0 aromatic heterocycles. The van der Waals surface area contributed by atoms with Gasteiger partial charge in [0.2, 0.25) is 0 Å². The Bertz CT molecular complexity index is 738. The summed E-state index contributed by atoms with van der Waals surface area (Å²) in [6.07, 6.45) is 0. The summed E-state index contributed by atoms with van der Waals surface area (Å²) in [5.74, 6) is 0. The van der Waals surface area contributed by atoms with Crippen molar-refractivity contribution in [3.05, 3.63) is 107 Å². The van der Waals surface area contributed by atoms with Gasteiger partial charge in [-0.15, -0.1) is 0 Å². The van der Waals surface area contributed by atoms with Gasteiger partial charge in [0.15, 0.2) is 0 Å². The molecule has 0 radical (unpaired) electrons. The Hall–Kier alpha value is -2.38. The monoisotopic (exact) mass is 319 g/mol. The zero-order chi connectivity index (χ0) is 16.1. The molecule has 0 aliphatic heterocycles. The van der Waals surface area contributed by atoms with Crippen molar-refractivity contribution in [2.45, 2.75) is 13.0 Å². The van der Waals surface area contributed by atoms with Crippen LogP contribution in [0.5, 0.6) is 0 Å². The summed E-state index contributed by atoms with van der Waals surface area (Å²) in [7, 11) is 0. The molecular weight excluding hydrogens is 302 g/mol. The molecule has 0 heterocycles. The summed E-state index contributed by atoms with van der Waals surface area (Å²) in [6.45, 7) is 2.04. The topological polar surface area (TPSA) is 12.4 Å². The Labute approximate surface area is 142 Å². The minimum atomic E-state index is -0.00641. The first-order valence-electron chi connectivity index (χ1n) is 7.64. The van der Waals surface area contributed by atoms with Crippen molar-refractivity contribution >= 4 is 17.3 Å². The van der Waals surface area contributed by atoms with Crippen molar-refractivity contribution < 1.29 is 0 Å². The zero-order valence-corrected chi connectivity index (χ0v) is 13.7. The fourth-order valence-electron chi connectivity index (χ4n) is 2.57. The molecule has 3 aromatic rings. The average molecular weight is 320 g/mol. The number of halogens is 1. The third-order valence-corrected chi connectivity index (χ3v) is 4.07. The van der Waals surface area contributed by atoms with Crippen LogP contribution in [0.15, 0.2) is 89.9 Å². The second-order valence-corrected chi connectivity index (χ2v) is 5.88. The van der Waals surface area contributed by atoms with E-state index in [9.17, 15) is 0 Å². The highest BCUT2D eigenvalue weighted by molar-refractivity contribution is 6.30. The fraction of sp³-hybridized carbons (Fsp3) is 0.0952. The predicted molar refractivity (Wildman–Crippen MR) is 98.4 cm³/mol. The van der Waals surface area contributed by atoms with Gasteiger partial charge in [0.25, 0.3) is 0 Å². The zero-order valence-electron chi connectivity index (χ0n) is 13.0. The van der Waals surface area contributed by atoms with Crippen LogP contribution in [0, 0.1) is 0 Å². The van der Waals surface area contributed by atoms with Crippen molar-refractivity contribution in [1.29, 1.82) is 0 Å². The molecule has 0 spiro atoms. The van der Waals surface area contributed by atoms with Gasteiger partial charge in [-0.2, -0.15) is 0 Å². The number of hydrogen-bond donors (Lipinski definition) is 0. The molecule has 0 amide bonds. The van der Waals surface area contributed by atoms with Crippen LogP contribution in [0.2, 0.25) is 5.02 Å². The lowest BCUT2D eigenvalue weighted by molar-refractivity contribution is 0.872. The number of benzene rings is 3. The summed E-state index contributed by atoms with van der Waals surface area (Å²) in [4.78, 5) is 4.99. The van der Waals surface area contributed by atoms with Gasteiger partial charge in [0.05, 0.1) is 0 Å². The van der Waals surface area contributed by atoms with Gasteiger partial charge >= 0.3 is 0 Å². The molecule has 0 bridgehead atoms. The maximum absolute atomic E-state index is 5.97. The lowest BCUT2D eigenvalue weighted by Crippen LogP contribution is -2.03. The van der Waals surface area contributed by atoms with Crippen LogP contribution in [0.1, 0.15) is 29.7 Å². The minimum absolute atomic E-state index is 0.00641. The van der Waals surface area contributed by atoms with Crippen LogP contribution in [-0.4, -0.2) is 5.71 Å². The second kappa shape index (κ2) is 7.26. The van der Waals surface area contributed by atoms with E-state index in [1.807, 2.05) is 43.3 Å². The first-order chi connectivity index (χ1) is 11.2. The molecule has 3 aromatic carbocycles. The summed E-state index contributed by atoms with van der Waals surface area (Å²) in [6, 6.07) is 28.6. The first kappa shape index (κ1) is 15.5. The molecule has 0 aliphatic carbocycles. The summed E-state index contributed by atoms with van der Waals surface area (Å²) >= 11 is 5.97. The molecule has 0 atom stereocenters. The molecule has 0 fully saturated rings. The Morgan fingerprint density at radius 1 is 0.739 bits per heavy atom. The van der Waals surface area contributed by atoms with Crippen molar-refractivity contribution in [2.24, 2.45) is 4.99 Å². The first-order valence-corrected chi connectivity index (χ1v) is 8.02. The quantitative estimate of drug-likeness (QED) is 0.528. The van der Waals surface area contributed by atoms with Crippen molar-refractivity contribution in [3.63, 3.8) is 0 Å². The predicted octanol–water partition coefficient (Wildman–Crippen LogP) is 5.94. The molecule has 3 rings (SSSR count). The lowest BCUT2D eigenvalue weighted by atomic mass is 9.99. The highest BCUT2D eigenvalue weighted by Crippen LogP contribution is 2.27. The molecule has 0 saturated heterocycles. The highest BCUT2D eigenvalue weighted by Gasteiger charge is 2.13. The van der Waals surface area contributed by atoms with Gasteiger partial charge in [0.1, 0.15) is 6.04 Å². The van der Waals surface area contributed by atoms with Crippen LogP contribution in [-0.2, 0) is 0 Å². The van der Waals surface area contributed by atoms with Crippen LogP contribution < -0.4 is 0 Å². The van der Waals surface area contributed by atoms with Crippen LogP contribution in [0.3, 0.4) is 0 Å². The molecule has 0 unspecified atom stereocenters. The fourth-order valence-corrected chi connectivity index (χ4v) is 2.70. The summed E-state index contributed by atoms with van der Waals surface area (Å²) < 4.78 is 0. The van der Waals surface area contributed by atoms with Crippen molar-refractivity contribution in [2.75, 3.05) is 0 Å². The number of hydrogen-bond acceptors (Lipinski definition) is 1. The van der Waals surface area contributed by atoms with Gasteiger partial charge in [-0.25, -0.2) is 0 Å². The van der Waals surface area contributed by atoms with E-state index in [4.69, 9.17) is 16.6 Å².